The van der Waals surface area contributed by atoms with Crippen LogP contribution in [-0.4, -0.2) is 16.2 Å². The van der Waals surface area contributed by atoms with E-state index in [2.05, 4.69) is 15.8 Å². The maximum Gasteiger partial charge on any atom is 0.349 e. The predicted molar refractivity (Wildman–Crippen MR) is 58.5 cm³/mol. The normalized spacial score (nSPS) is 10.1. The molecule has 0 fully saturated rings. The summed E-state index contributed by atoms with van der Waals surface area (Å²) in [6.45, 7) is 0. The first kappa shape index (κ1) is 10.3. The molecule has 7 heteroatoms. The van der Waals surface area contributed by atoms with Crippen LogP contribution in [0.3, 0.4) is 0 Å². The fraction of sp³-hybridized carbons (Fsp3) is 0. The number of fused-ring (bicyclic) bond motifs is 1. The van der Waals surface area contributed by atoms with Gasteiger partial charge in [-0.3, -0.25) is 10.6 Å². The Morgan fingerprint density at radius 2 is 2.06 bits per heavy atom. The Hall–Kier alpha value is -2.25. The van der Waals surface area contributed by atoms with E-state index < -0.39 is 6.03 Å². The number of hydrogen-bond acceptors (Lipinski definition) is 4. The van der Waals surface area contributed by atoms with Crippen molar-refractivity contribution in [1.29, 1.82) is 0 Å². The third-order valence-corrected chi connectivity index (χ3v) is 2.01. The highest BCUT2D eigenvalue weighted by molar-refractivity contribution is 5.84. The molecule has 0 bridgehead atoms. The minimum absolute atomic E-state index is 0.610. The standard InChI is InChI=1S/C9H11N5O2/c15-9(13-14-16)12-11-8-5-6-3-1-2-4-7(6)10-8/h1-5,10-11,14,16H,(H2,12,13,15). The van der Waals surface area contributed by atoms with Gasteiger partial charge in [-0.05, 0) is 12.1 Å². The molecular weight excluding hydrogens is 210 g/mol. The Morgan fingerprint density at radius 3 is 2.81 bits per heavy atom. The molecule has 6 N–H and O–H groups in total. The summed E-state index contributed by atoms with van der Waals surface area (Å²) in [6, 6.07) is 8.96. The number of carbonyl (C=O) groups excluding carboxylic acids is 1. The van der Waals surface area contributed by atoms with Gasteiger partial charge in [0.1, 0.15) is 5.82 Å². The zero-order chi connectivity index (χ0) is 11.4. The highest BCUT2D eigenvalue weighted by Gasteiger charge is 2.00. The summed E-state index contributed by atoms with van der Waals surface area (Å²) in [6.07, 6.45) is 0. The van der Waals surface area contributed by atoms with E-state index in [0.717, 1.165) is 10.9 Å². The quantitative estimate of drug-likeness (QED) is 0.429. The van der Waals surface area contributed by atoms with Crippen molar-refractivity contribution in [3.8, 4) is 0 Å². The van der Waals surface area contributed by atoms with Gasteiger partial charge in [0.25, 0.3) is 0 Å². The van der Waals surface area contributed by atoms with Gasteiger partial charge in [0.05, 0.1) is 0 Å². The van der Waals surface area contributed by atoms with E-state index in [4.69, 9.17) is 5.21 Å². The SMILES string of the molecule is O=C(NNO)NNc1cc2ccccc2[nH]1. The Labute approximate surface area is 90.7 Å². The number of nitrogens with one attached hydrogen (secondary N) is 5. The van der Waals surface area contributed by atoms with Gasteiger partial charge in [0, 0.05) is 10.9 Å². The molecule has 2 rings (SSSR count). The number of hydrogen-bond donors (Lipinski definition) is 6. The van der Waals surface area contributed by atoms with Gasteiger partial charge < -0.3 is 4.98 Å². The molecule has 0 radical (unpaired) electrons. The molecule has 1 aromatic heterocycles. The molecule has 0 saturated carbocycles. The lowest BCUT2D eigenvalue weighted by Crippen LogP contribution is -2.44. The summed E-state index contributed by atoms with van der Waals surface area (Å²) in [4.78, 5) is 14.0. The van der Waals surface area contributed by atoms with E-state index in [1.807, 2.05) is 35.8 Å². The number of carbonyl (C=O) groups is 1. The maximum absolute atomic E-state index is 10.9. The number of H-pyrrole nitrogens is 1. The van der Waals surface area contributed by atoms with E-state index in [1.54, 1.807) is 0 Å². The molecule has 2 amide bonds. The van der Waals surface area contributed by atoms with Crippen LogP contribution in [0.5, 0.6) is 0 Å². The molecule has 0 atom stereocenters. The number of rotatable bonds is 3. The fourth-order valence-corrected chi connectivity index (χ4v) is 1.35. The van der Waals surface area contributed by atoms with Crippen LogP contribution in [0.25, 0.3) is 10.9 Å². The van der Waals surface area contributed by atoms with Gasteiger partial charge in [-0.25, -0.2) is 15.6 Å². The monoisotopic (exact) mass is 221 g/mol. The summed E-state index contributed by atoms with van der Waals surface area (Å²) in [5.41, 5.74) is 9.37. The van der Waals surface area contributed by atoms with Gasteiger partial charge in [0.2, 0.25) is 0 Å². The number of para-hydroxylation sites is 1. The average Bonchev–Trinajstić information content (AvgIpc) is 2.69. The molecule has 84 valence electrons. The van der Waals surface area contributed by atoms with Crippen LogP contribution in [0.4, 0.5) is 10.6 Å². The lowest BCUT2D eigenvalue weighted by molar-refractivity contribution is 0.127. The van der Waals surface area contributed by atoms with Gasteiger partial charge in [-0.1, -0.05) is 18.2 Å². The molecule has 0 aliphatic heterocycles. The third kappa shape index (κ3) is 2.22. The summed E-state index contributed by atoms with van der Waals surface area (Å²) >= 11 is 0. The average molecular weight is 221 g/mol. The second-order valence-corrected chi connectivity index (χ2v) is 3.09. The van der Waals surface area contributed by atoms with Crippen LogP contribution in [-0.2, 0) is 0 Å². The van der Waals surface area contributed by atoms with Gasteiger partial charge in [-0.15, -0.1) is 5.59 Å². The van der Waals surface area contributed by atoms with Crippen LogP contribution >= 0.6 is 0 Å². The highest BCUT2D eigenvalue weighted by Crippen LogP contribution is 2.16. The summed E-state index contributed by atoms with van der Waals surface area (Å²) in [5, 5.41) is 9.23. The van der Waals surface area contributed by atoms with E-state index in [9.17, 15) is 4.79 Å². The predicted octanol–water partition coefficient (Wildman–Crippen LogP) is 0.688. The third-order valence-electron chi connectivity index (χ3n) is 2.01. The lowest BCUT2D eigenvalue weighted by atomic mass is 10.2. The van der Waals surface area contributed by atoms with Crippen molar-refractivity contribution in [2.75, 3.05) is 5.43 Å². The Kier molecular flexibility index (Phi) is 2.90. The van der Waals surface area contributed by atoms with Crippen LogP contribution in [0.15, 0.2) is 30.3 Å². The van der Waals surface area contributed by atoms with Crippen molar-refractivity contribution in [3.05, 3.63) is 30.3 Å². The van der Waals surface area contributed by atoms with Crippen molar-refractivity contribution in [1.82, 2.24) is 21.4 Å². The largest absolute Gasteiger partial charge is 0.349 e. The van der Waals surface area contributed by atoms with Gasteiger partial charge in [-0.2, -0.15) is 0 Å². The highest BCUT2D eigenvalue weighted by atomic mass is 16.5. The van der Waals surface area contributed by atoms with Crippen molar-refractivity contribution in [3.63, 3.8) is 0 Å². The van der Waals surface area contributed by atoms with E-state index in [0.29, 0.717) is 5.82 Å². The molecule has 2 aromatic rings. The molecule has 1 heterocycles. The second-order valence-electron chi connectivity index (χ2n) is 3.09. The first-order chi connectivity index (χ1) is 7.79. The number of benzene rings is 1. The first-order valence-corrected chi connectivity index (χ1v) is 4.58. The Bertz CT molecular complexity index is 462. The number of amides is 2. The molecule has 0 saturated heterocycles. The molecule has 1 aromatic carbocycles. The summed E-state index contributed by atoms with van der Waals surface area (Å²) < 4.78 is 0. The molecule has 16 heavy (non-hydrogen) atoms. The first-order valence-electron chi connectivity index (χ1n) is 4.58. The number of urea groups is 1. The number of aromatic amines is 1. The van der Waals surface area contributed by atoms with Crippen molar-refractivity contribution in [2.45, 2.75) is 0 Å². The van der Waals surface area contributed by atoms with Crippen molar-refractivity contribution >= 4 is 22.8 Å². The topological polar surface area (TPSA) is 101 Å². The van der Waals surface area contributed by atoms with Crippen molar-refractivity contribution in [2.24, 2.45) is 0 Å². The molecule has 7 nitrogen and oxygen atoms in total. The fourth-order valence-electron chi connectivity index (χ4n) is 1.35. The number of anilines is 1. The van der Waals surface area contributed by atoms with Gasteiger partial charge in [0.15, 0.2) is 0 Å². The zero-order valence-electron chi connectivity index (χ0n) is 8.24. The number of hydrazine groups is 2. The van der Waals surface area contributed by atoms with E-state index in [-0.39, 0.29) is 0 Å². The Morgan fingerprint density at radius 1 is 1.25 bits per heavy atom. The summed E-state index contributed by atoms with van der Waals surface area (Å²) in [7, 11) is 0. The smallest absolute Gasteiger partial charge is 0.340 e. The zero-order valence-corrected chi connectivity index (χ0v) is 8.24. The molecule has 0 aliphatic rings. The minimum atomic E-state index is -0.610. The second kappa shape index (κ2) is 4.51. The van der Waals surface area contributed by atoms with Crippen LogP contribution in [0, 0.1) is 0 Å². The summed E-state index contributed by atoms with van der Waals surface area (Å²) in [5.74, 6) is 0.647. The van der Waals surface area contributed by atoms with Crippen molar-refractivity contribution < 1.29 is 10.0 Å². The minimum Gasteiger partial charge on any atom is -0.340 e. The van der Waals surface area contributed by atoms with Gasteiger partial charge >= 0.3 is 6.03 Å². The molecule has 0 spiro atoms. The lowest BCUT2D eigenvalue weighted by Gasteiger charge is -2.05. The Balaban J connectivity index is 2.02. The van der Waals surface area contributed by atoms with Crippen LogP contribution in [0.1, 0.15) is 0 Å². The molecular formula is C9H11N5O2. The number of aromatic nitrogens is 1. The van der Waals surface area contributed by atoms with Crippen LogP contribution < -0.4 is 21.9 Å². The molecule has 0 aliphatic carbocycles. The van der Waals surface area contributed by atoms with E-state index in [1.165, 1.54) is 5.59 Å². The van der Waals surface area contributed by atoms with Crippen LogP contribution in [0.2, 0.25) is 0 Å². The van der Waals surface area contributed by atoms with E-state index >= 15 is 0 Å². The maximum atomic E-state index is 10.9. The molecule has 0 unspecified atom stereocenters.